The summed E-state index contributed by atoms with van der Waals surface area (Å²) in [5.41, 5.74) is 2.06. The number of para-hydroxylation sites is 2. The van der Waals surface area contributed by atoms with Crippen LogP contribution in [0.2, 0.25) is 5.02 Å². The summed E-state index contributed by atoms with van der Waals surface area (Å²) in [5, 5.41) is 8.33. The van der Waals surface area contributed by atoms with Crippen LogP contribution in [0.4, 0.5) is 21.5 Å². The van der Waals surface area contributed by atoms with Crippen molar-refractivity contribution in [1.29, 1.82) is 0 Å². The summed E-state index contributed by atoms with van der Waals surface area (Å²) in [7, 11) is 1.53. The predicted molar refractivity (Wildman–Crippen MR) is 116 cm³/mol. The average Bonchev–Trinajstić information content (AvgIpc) is 2.75. The molecule has 0 aliphatic carbocycles. The van der Waals surface area contributed by atoms with E-state index in [2.05, 4.69) is 16.0 Å². The second-order valence-electron chi connectivity index (χ2n) is 6.26. The van der Waals surface area contributed by atoms with Gasteiger partial charge in [0.15, 0.2) is 0 Å². The van der Waals surface area contributed by atoms with Crippen molar-refractivity contribution in [2.75, 3.05) is 29.6 Å². The fourth-order valence-electron chi connectivity index (χ4n) is 2.64. The van der Waals surface area contributed by atoms with Crippen LogP contribution < -0.4 is 20.7 Å². The summed E-state index contributed by atoms with van der Waals surface area (Å²) >= 11 is 5.71. The Morgan fingerprint density at radius 3 is 2.37 bits per heavy atom. The Morgan fingerprint density at radius 1 is 0.967 bits per heavy atom. The van der Waals surface area contributed by atoms with Gasteiger partial charge in [0.2, 0.25) is 5.91 Å². The smallest absolute Gasteiger partial charge is 0.255 e. The first-order valence-corrected chi connectivity index (χ1v) is 9.37. The normalized spacial score (nSPS) is 10.2. The highest BCUT2D eigenvalue weighted by molar-refractivity contribution is 6.31. The van der Waals surface area contributed by atoms with E-state index in [4.69, 9.17) is 16.3 Å². The molecule has 30 heavy (non-hydrogen) atoms. The van der Waals surface area contributed by atoms with E-state index in [-0.39, 0.29) is 23.4 Å². The number of carbonyl (C=O) groups is 2. The monoisotopic (exact) mass is 427 g/mol. The van der Waals surface area contributed by atoms with Crippen molar-refractivity contribution in [3.05, 3.63) is 83.1 Å². The minimum Gasteiger partial charge on any atom is -0.495 e. The number of anilines is 3. The molecule has 154 valence electrons. The third kappa shape index (κ3) is 5.48. The van der Waals surface area contributed by atoms with Crippen LogP contribution >= 0.6 is 11.6 Å². The molecule has 0 atom stereocenters. The lowest BCUT2D eigenvalue weighted by Crippen LogP contribution is -2.21. The van der Waals surface area contributed by atoms with Gasteiger partial charge in [-0.3, -0.25) is 9.59 Å². The SMILES string of the molecule is COc1ccccc1NC(=O)c1ccc(NC(=O)CNc2ccc(F)c(Cl)c2)cc1. The Labute approximate surface area is 178 Å². The molecule has 0 aliphatic heterocycles. The highest BCUT2D eigenvalue weighted by Crippen LogP contribution is 2.24. The van der Waals surface area contributed by atoms with E-state index in [1.807, 2.05) is 6.07 Å². The number of benzene rings is 3. The van der Waals surface area contributed by atoms with Crippen molar-refractivity contribution >= 4 is 40.5 Å². The molecule has 0 aromatic heterocycles. The molecule has 0 heterocycles. The molecule has 0 spiro atoms. The standard InChI is InChI=1S/C22H19ClFN3O3/c1-30-20-5-3-2-4-19(20)27-22(29)14-6-8-15(9-7-14)26-21(28)13-25-16-10-11-18(24)17(23)12-16/h2-12,25H,13H2,1H3,(H,26,28)(H,27,29). The van der Waals surface area contributed by atoms with Crippen LogP contribution in [-0.4, -0.2) is 25.5 Å². The van der Waals surface area contributed by atoms with E-state index < -0.39 is 5.82 Å². The molecule has 8 heteroatoms. The molecule has 0 saturated heterocycles. The molecular formula is C22H19ClFN3O3. The number of carbonyl (C=O) groups excluding carboxylic acids is 2. The van der Waals surface area contributed by atoms with Crippen molar-refractivity contribution in [2.45, 2.75) is 0 Å². The van der Waals surface area contributed by atoms with Gasteiger partial charge in [0, 0.05) is 16.9 Å². The van der Waals surface area contributed by atoms with Gasteiger partial charge in [0.1, 0.15) is 11.6 Å². The molecule has 0 bridgehead atoms. The topological polar surface area (TPSA) is 79.5 Å². The summed E-state index contributed by atoms with van der Waals surface area (Å²) in [5.74, 6) is -0.569. The van der Waals surface area contributed by atoms with E-state index in [0.29, 0.717) is 28.4 Å². The molecule has 0 saturated carbocycles. The van der Waals surface area contributed by atoms with Crippen molar-refractivity contribution in [2.24, 2.45) is 0 Å². The molecule has 3 rings (SSSR count). The van der Waals surface area contributed by atoms with E-state index >= 15 is 0 Å². The van der Waals surface area contributed by atoms with Gasteiger partial charge in [0.05, 0.1) is 24.4 Å². The van der Waals surface area contributed by atoms with E-state index in [1.54, 1.807) is 42.5 Å². The maximum Gasteiger partial charge on any atom is 0.255 e. The summed E-state index contributed by atoms with van der Waals surface area (Å²) in [4.78, 5) is 24.5. The van der Waals surface area contributed by atoms with E-state index in [9.17, 15) is 14.0 Å². The number of methoxy groups -OCH3 is 1. The minimum atomic E-state index is -0.526. The first-order chi connectivity index (χ1) is 14.5. The Kier molecular flexibility index (Phi) is 6.87. The van der Waals surface area contributed by atoms with Crippen LogP contribution in [0.1, 0.15) is 10.4 Å². The maximum absolute atomic E-state index is 13.2. The van der Waals surface area contributed by atoms with Crippen molar-refractivity contribution in [3.8, 4) is 5.75 Å². The van der Waals surface area contributed by atoms with Gasteiger partial charge in [-0.1, -0.05) is 23.7 Å². The average molecular weight is 428 g/mol. The van der Waals surface area contributed by atoms with Crippen molar-refractivity contribution < 1.29 is 18.7 Å². The van der Waals surface area contributed by atoms with Crippen molar-refractivity contribution in [1.82, 2.24) is 0 Å². The first-order valence-electron chi connectivity index (χ1n) is 8.99. The molecule has 0 fully saturated rings. The van der Waals surface area contributed by atoms with Gasteiger partial charge >= 0.3 is 0 Å². The quantitative estimate of drug-likeness (QED) is 0.506. The first kappa shape index (κ1) is 21.1. The zero-order valence-electron chi connectivity index (χ0n) is 16.0. The molecule has 0 radical (unpaired) electrons. The number of hydrogen-bond acceptors (Lipinski definition) is 4. The molecule has 3 aromatic rings. The number of amides is 2. The van der Waals surface area contributed by atoms with Gasteiger partial charge in [-0.15, -0.1) is 0 Å². The zero-order valence-corrected chi connectivity index (χ0v) is 16.8. The van der Waals surface area contributed by atoms with Gasteiger partial charge in [-0.25, -0.2) is 4.39 Å². The fraction of sp³-hybridized carbons (Fsp3) is 0.0909. The Morgan fingerprint density at radius 2 is 1.67 bits per heavy atom. The molecular weight excluding hydrogens is 409 g/mol. The summed E-state index contributed by atoms with van der Waals surface area (Å²) in [6.45, 7) is -0.0298. The lowest BCUT2D eigenvalue weighted by molar-refractivity contribution is -0.114. The molecule has 0 aliphatic rings. The van der Waals surface area contributed by atoms with Gasteiger partial charge < -0.3 is 20.7 Å². The lowest BCUT2D eigenvalue weighted by Gasteiger charge is -2.11. The van der Waals surface area contributed by atoms with Crippen molar-refractivity contribution in [3.63, 3.8) is 0 Å². The Balaban J connectivity index is 1.55. The summed E-state index contributed by atoms with van der Waals surface area (Å²) in [6.07, 6.45) is 0. The van der Waals surface area contributed by atoms with Crippen LogP contribution in [0.5, 0.6) is 5.75 Å². The maximum atomic E-state index is 13.2. The molecule has 3 N–H and O–H groups in total. The highest BCUT2D eigenvalue weighted by atomic mass is 35.5. The predicted octanol–water partition coefficient (Wildman–Crippen LogP) is 4.79. The number of rotatable bonds is 7. The zero-order chi connectivity index (χ0) is 21.5. The third-order valence-corrected chi connectivity index (χ3v) is 4.45. The van der Waals surface area contributed by atoms with E-state index in [1.165, 1.54) is 25.3 Å². The van der Waals surface area contributed by atoms with Crippen LogP contribution in [-0.2, 0) is 4.79 Å². The Bertz CT molecular complexity index is 1060. The van der Waals surface area contributed by atoms with Crippen LogP contribution in [0.25, 0.3) is 0 Å². The third-order valence-electron chi connectivity index (χ3n) is 4.16. The molecule has 2 amide bonds. The number of hydrogen-bond donors (Lipinski definition) is 3. The van der Waals surface area contributed by atoms with Crippen LogP contribution in [0.15, 0.2) is 66.7 Å². The van der Waals surface area contributed by atoms with Crippen LogP contribution in [0, 0.1) is 5.82 Å². The second kappa shape index (κ2) is 9.76. The molecule has 0 unspecified atom stereocenters. The van der Waals surface area contributed by atoms with Gasteiger partial charge in [0.25, 0.3) is 5.91 Å². The van der Waals surface area contributed by atoms with Gasteiger partial charge in [-0.05, 0) is 54.6 Å². The largest absolute Gasteiger partial charge is 0.495 e. The molecule has 3 aromatic carbocycles. The summed E-state index contributed by atoms with van der Waals surface area (Å²) in [6, 6.07) is 17.7. The molecule has 6 nitrogen and oxygen atoms in total. The number of ether oxygens (including phenoxy) is 1. The minimum absolute atomic E-state index is 0.0256. The van der Waals surface area contributed by atoms with Crippen LogP contribution in [0.3, 0.4) is 0 Å². The second-order valence-corrected chi connectivity index (χ2v) is 6.67. The lowest BCUT2D eigenvalue weighted by atomic mass is 10.2. The fourth-order valence-corrected chi connectivity index (χ4v) is 2.82. The number of halogens is 2. The highest BCUT2D eigenvalue weighted by Gasteiger charge is 2.10. The Hall–Kier alpha value is -3.58. The summed E-state index contributed by atoms with van der Waals surface area (Å²) < 4.78 is 18.4. The number of nitrogens with one attached hydrogen (secondary N) is 3. The van der Waals surface area contributed by atoms with E-state index in [0.717, 1.165) is 0 Å². The van der Waals surface area contributed by atoms with Gasteiger partial charge in [-0.2, -0.15) is 0 Å².